The van der Waals surface area contributed by atoms with Crippen molar-refractivity contribution in [3.8, 4) is 17.2 Å². The summed E-state index contributed by atoms with van der Waals surface area (Å²) < 4.78 is 18.3. The highest BCUT2D eigenvalue weighted by atomic mass is 32.2. The van der Waals surface area contributed by atoms with Gasteiger partial charge in [0, 0.05) is 19.2 Å². The molecule has 256 valence electrons. The van der Waals surface area contributed by atoms with Crippen LogP contribution in [0.2, 0.25) is 0 Å². The Bertz CT molecular complexity index is 1250. The minimum Gasteiger partial charge on any atom is -0.493 e. The number of carbonyl (C=O) groups is 4. The minimum atomic E-state index is -0.358. The largest absolute Gasteiger partial charge is 0.493 e. The van der Waals surface area contributed by atoms with E-state index in [1.807, 2.05) is 27.7 Å². The molecule has 2 amide bonds. The van der Waals surface area contributed by atoms with Crippen molar-refractivity contribution in [3.63, 3.8) is 0 Å². The number of methoxy groups -OCH3 is 1. The Labute approximate surface area is 283 Å². The van der Waals surface area contributed by atoms with E-state index in [-0.39, 0.29) is 58.4 Å². The van der Waals surface area contributed by atoms with Gasteiger partial charge in [-0.05, 0) is 38.5 Å². The van der Waals surface area contributed by atoms with Crippen molar-refractivity contribution in [3.05, 3.63) is 15.9 Å². The van der Waals surface area contributed by atoms with Crippen LogP contribution in [0, 0.1) is 11.8 Å². The van der Waals surface area contributed by atoms with Gasteiger partial charge in [0.05, 0.1) is 33.0 Å². The quantitative estimate of drug-likeness (QED) is 0.0617. The minimum absolute atomic E-state index is 0.0932. The van der Waals surface area contributed by atoms with E-state index in [4.69, 9.17) is 14.2 Å². The number of hydrogen-bond donors (Lipinski definition) is 0. The average molecular weight is 677 g/mol. The third-order valence-electron chi connectivity index (χ3n) is 8.45. The number of rotatable bonds is 19. The molecule has 0 saturated carbocycles. The number of hydrazine groups is 1. The van der Waals surface area contributed by atoms with E-state index in [9.17, 15) is 19.2 Å². The van der Waals surface area contributed by atoms with Crippen molar-refractivity contribution in [1.82, 2.24) is 10.0 Å². The molecule has 2 aliphatic heterocycles. The van der Waals surface area contributed by atoms with Crippen LogP contribution in [-0.2, 0) is 19.2 Å². The number of thioether (sulfide) groups is 2. The molecule has 0 radical (unpaired) electrons. The molecule has 2 unspecified atom stereocenters. The fourth-order valence-electron chi connectivity index (χ4n) is 5.46. The van der Waals surface area contributed by atoms with Crippen LogP contribution in [0.4, 0.5) is 0 Å². The first-order chi connectivity index (χ1) is 22.2. The molecule has 1 aromatic rings. The van der Waals surface area contributed by atoms with E-state index in [2.05, 4.69) is 13.8 Å². The summed E-state index contributed by atoms with van der Waals surface area (Å²) in [5.74, 6) is -1.19. The number of amides is 2. The molecule has 1 fully saturated rings. The number of benzene rings is 1. The first-order valence-electron chi connectivity index (χ1n) is 17.1. The van der Waals surface area contributed by atoms with Gasteiger partial charge in [-0.1, -0.05) is 104 Å². The number of ether oxygens (including phenoxy) is 3. The molecule has 46 heavy (non-hydrogen) atoms. The molecule has 2 heterocycles. The lowest BCUT2D eigenvalue weighted by Crippen LogP contribution is -2.42. The number of hydrogen-bond acceptors (Lipinski definition) is 9. The van der Waals surface area contributed by atoms with Crippen molar-refractivity contribution < 1.29 is 33.4 Å². The van der Waals surface area contributed by atoms with Gasteiger partial charge in [-0.2, -0.15) is 0 Å². The summed E-state index contributed by atoms with van der Waals surface area (Å²) in [6.45, 7) is 13.1. The highest BCUT2D eigenvalue weighted by Crippen LogP contribution is 2.62. The maximum Gasteiger partial charge on any atom is 0.314 e. The number of unbranched alkanes of at least 4 members (excludes halogenated alkanes) is 4. The topological polar surface area (TPSA) is 102 Å². The maximum absolute atomic E-state index is 13.8. The van der Waals surface area contributed by atoms with Crippen LogP contribution in [0.1, 0.15) is 119 Å². The molecule has 2 atom stereocenters. The zero-order chi connectivity index (χ0) is 33.8. The maximum atomic E-state index is 13.8. The third kappa shape index (κ3) is 8.82. The summed E-state index contributed by atoms with van der Waals surface area (Å²) >= 11 is 2.41. The van der Waals surface area contributed by atoms with Gasteiger partial charge in [-0.15, -0.1) is 0 Å². The summed E-state index contributed by atoms with van der Waals surface area (Å²) in [4.78, 5) is 55.5. The zero-order valence-electron chi connectivity index (χ0n) is 28.7. The van der Waals surface area contributed by atoms with Crippen LogP contribution in [0.15, 0.2) is 25.7 Å². The Kier molecular flexibility index (Phi) is 15.3. The fraction of sp³-hybridized carbons (Fsp3) is 0.657. The van der Waals surface area contributed by atoms with Gasteiger partial charge in [0.2, 0.25) is 0 Å². The third-order valence-corrected chi connectivity index (χ3v) is 11.1. The van der Waals surface area contributed by atoms with Crippen molar-refractivity contribution in [2.24, 2.45) is 11.8 Å². The number of nitrogens with zero attached hydrogens (tertiary/aromatic N) is 2. The molecule has 0 N–H and O–H groups in total. The van der Waals surface area contributed by atoms with Crippen LogP contribution in [0.3, 0.4) is 0 Å². The van der Waals surface area contributed by atoms with Crippen LogP contribution < -0.4 is 14.2 Å². The van der Waals surface area contributed by atoms with Gasteiger partial charge in [-0.25, -0.2) is 10.0 Å². The van der Waals surface area contributed by atoms with E-state index in [0.29, 0.717) is 46.4 Å². The second kappa shape index (κ2) is 18.6. The molecule has 0 aromatic heterocycles. The SMILES string of the molecule is CCCCC(CC)C(=O)Oc1cc(OC)c(OC(=O)C(CC)CCCC)c2c1SC(=C1C(=O)N(CCCC)N(CCCC)C1=O)S2. The van der Waals surface area contributed by atoms with Crippen LogP contribution in [0.5, 0.6) is 17.2 Å². The molecule has 0 bridgehead atoms. The predicted octanol–water partition coefficient (Wildman–Crippen LogP) is 8.53. The van der Waals surface area contributed by atoms with E-state index < -0.39 is 0 Å². The van der Waals surface area contributed by atoms with Gasteiger partial charge < -0.3 is 14.2 Å². The zero-order valence-corrected chi connectivity index (χ0v) is 30.3. The smallest absolute Gasteiger partial charge is 0.314 e. The van der Waals surface area contributed by atoms with Crippen molar-refractivity contribution >= 4 is 47.3 Å². The molecule has 11 heteroatoms. The second-order valence-corrected chi connectivity index (χ2v) is 14.1. The van der Waals surface area contributed by atoms with Crippen molar-refractivity contribution in [1.29, 1.82) is 0 Å². The van der Waals surface area contributed by atoms with Crippen LogP contribution in [0.25, 0.3) is 0 Å². The van der Waals surface area contributed by atoms with Gasteiger partial charge in [0.1, 0.15) is 11.3 Å². The average Bonchev–Trinajstić information content (AvgIpc) is 3.58. The van der Waals surface area contributed by atoms with Gasteiger partial charge in [0.15, 0.2) is 11.5 Å². The van der Waals surface area contributed by atoms with Crippen molar-refractivity contribution in [2.45, 2.75) is 128 Å². The van der Waals surface area contributed by atoms with Gasteiger partial charge in [0.25, 0.3) is 11.8 Å². The Morgan fingerprint density at radius 1 is 0.696 bits per heavy atom. The van der Waals surface area contributed by atoms with E-state index in [0.717, 1.165) is 57.8 Å². The molecule has 0 spiro atoms. The first kappa shape index (κ1) is 37.8. The van der Waals surface area contributed by atoms with E-state index in [1.165, 1.54) is 30.6 Å². The molecule has 1 aromatic carbocycles. The van der Waals surface area contributed by atoms with E-state index >= 15 is 0 Å². The Balaban J connectivity index is 2.12. The Morgan fingerprint density at radius 2 is 1.17 bits per heavy atom. The summed E-state index contributed by atoms with van der Waals surface area (Å²) in [7, 11) is 1.47. The summed E-state index contributed by atoms with van der Waals surface area (Å²) in [6, 6.07) is 1.58. The number of esters is 2. The number of fused-ring (bicyclic) bond motifs is 1. The highest BCUT2D eigenvalue weighted by Gasteiger charge is 2.45. The first-order valence-corrected chi connectivity index (χ1v) is 18.8. The van der Waals surface area contributed by atoms with Gasteiger partial charge >= 0.3 is 11.9 Å². The highest BCUT2D eigenvalue weighted by molar-refractivity contribution is 8.25. The van der Waals surface area contributed by atoms with Crippen molar-refractivity contribution in [2.75, 3.05) is 20.2 Å². The molecule has 9 nitrogen and oxygen atoms in total. The fourth-order valence-corrected chi connectivity index (χ4v) is 8.11. The monoisotopic (exact) mass is 676 g/mol. The molecule has 2 aliphatic rings. The van der Waals surface area contributed by atoms with E-state index in [1.54, 1.807) is 16.1 Å². The second-order valence-electron chi connectivity index (χ2n) is 11.8. The van der Waals surface area contributed by atoms with Gasteiger partial charge in [-0.3, -0.25) is 19.2 Å². The predicted molar refractivity (Wildman–Crippen MR) is 183 cm³/mol. The number of carbonyl (C=O) groups excluding carboxylic acids is 4. The lowest BCUT2D eigenvalue weighted by molar-refractivity contribution is -0.147. The summed E-state index contributed by atoms with van der Waals surface area (Å²) in [5, 5.41) is 3.13. The lowest BCUT2D eigenvalue weighted by Gasteiger charge is -2.27. The normalized spacial score (nSPS) is 15.8. The molecular formula is C35H52N2O7S2. The molecular weight excluding hydrogens is 625 g/mol. The van der Waals surface area contributed by atoms with Crippen LogP contribution >= 0.6 is 23.5 Å². The standard InChI is InChI=1S/C35H52N2O7S2/c1-8-14-18-23(12-5)33(40)43-26-22-25(42-7)28(44-34(41)24(13-6)19-15-9-2)30-29(26)45-35(46-30)27-31(38)36(20-16-10-3)37(32(27)39)21-17-11-4/h22-24H,8-21H2,1-7H3. The Morgan fingerprint density at radius 3 is 1.63 bits per heavy atom. The summed E-state index contributed by atoms with van der Waals surface area (Å²) in [6.07, 6.45) is 9.79. The molecule has 3 rings (SSSR count). The Hall–Kier alpha value is -2.66. The lowest BCUT2D eigenvalue weighted by atomic mass is 10.00. The van der Waals surface area contributed by atoms with Crippen LogP contribution in [-0.4, -0.2) is 54.0 Å². The summed E-state index contributed by atoms with van der Waals surface area (Å²) in [5.41, 5.74) is 0.0932. The molecule has 0 aliphatic carbocycles. The molecule has 1 saturated heterocycles.